The molecule has 23 heavy (non-hydrogen) atoms. The van der Waals surface area contributed by atoms with Gasteiger partial charge in [0.15, 0.2) is 0 Å². The predicted octanol–water partition coefficient (Wildman–Crippen LogP) is 4.40. The highest BCUT2D eigenvalue weighted by Crippen LogP contribution is 2.37. The van der Waals surface area contributed by atoms with Crippen LogP contribution in [0.15, 0.2) is 33.9 Å². The third kappa shape index (κ3) is 4.15. The summed E-state index contributed by atoms with van der Waals surface area (Å²) in [6.07, 6.45) is -5.13. The normalized spacial score (nSPS) is 16.8. The molecular weight excluding hydrogens is 383 g/mol. The first-order valence-electron chi connectivity index (χ1n) is 6.22. The fourth-order valence-electron chi connectivity index (χ4n) is 1.64. The number of carboxylic acid groups (broad SMARTS) is 1. The van der Waals surface area contributed by atoms with Crippen LogP contribution in [0.4, 0.5) is 13.2 Å². The molecule has 6 nitrogen and oxygen atoms in total. The van der Waals surface area contributed by atoms with Crippen molar-refractivity contribution in [1.29, 1.82) is 0 Å². The second kappa shape index (κ2) is 6.77. The zero-order valence-electron chi connectivity index (χ0n) is 12.1. The van der Waals surface area contributed by atoms with Gasteiger partial charge in [-0.15, -0.1) is 0 Å². The maximum atomic E-state index is 13.0. The van der Waals surface area contributed by atoms with Gasteiger partial charge >= 0.3 is 12.1 Å². The number of hydrogen-bond acceptors (Lipinski definition) is 3. The minimum Gasteiger partial charge on any atom is -0.479 e. The molecule has 0 amide bonds. The van der Waals surface area contributed by atoms with Gasteiger partial charge in [-0.05, 0) is 37.1 Å². The molecule has 0 heterocycles. The van der Waals surface area contributed by atoms with E-state index in [0.29, 0.717) is 17.0 Å². The summed E-state index contributed by atoms with van der Waals surface area (Å²) in [5.74, 6) is -2.18. The Balaban J connectivity index is 3.19. The molecule has 126 valence electrons. The lowest BCUT2D eigenvalue weighted by Gasteiger charge is -2.32. The number of hydrogen-bond donors (Lipinski definition) is 1. The molecule has 2 unspecified atom stereocenters. The van der Waals surface area contributed by atoms with Crippen LogP contribution in [0.3, 0.4) is 0 Å². The average molecular weight is 396 g/mol. The lowest BCUT2D eigenvalue weighted by atomic mass is 9.93. The standard InChI is InChI=1S/C13H13BrF3N3O3/c1-11(19-20-18,8-4-3-5-9(14)6-8)7-23-12(2,10(21)22)13(15,16)17/h3-6H,7H2,1-2H3,(H,21,22). The number of alkyl halides is 3. The zero-order chi connectivity index (χ0) is 17.9. The number of carboxylic acids is 1. The molecule has 0 spiro atoms. The Kier molecular flexibility index (Phi) is 5.68. The first-order chi connectivity index (χ1) is 10.5. The zero-order valence-corrected chi connectivity index (χ0v) is 13.7. The second-order valence-electron chi connectivity index (χ2n) is 5.10. The third-order valence-electron chi connectivity index (χ3n) is 3.30. The summed E-state index contributed by atoms with van der Waals surface area (Å²) in [6, 6.07) is 6.36. The molecule has 0 fully saturated rings. The molecule has 0 aromatic heterocycles. The number of halogens is 4. The molecular formula is C13H13BrF3N3O3. The molecule has 2 atom stereocenters. The molecule has 0 saturated carbocycles. The van der Waals surface area contributed by atoms with Crippen LogP contribution < -0.4 is 0 Å². The fourth-order valence-corrected chi connectivity index (χ4v) is 2.04. The van der Waals surface area contributed by atoms with Crippen LogP contribution in [0, 0.1) is 0 Å². The molecule has 1 N–H and O–H groups in total. The van der Waals surface area contributed by atoms with E-state index in [9.17, 15) is 18.0 Å². The van der Waals surface area contributed by atoms with Crippen LogP contribution in [0.2, 0.25) is 0 Å². The van der Waals surface area contributed by atoms with Crippen LogP contribution in [0.25, 0.3) is 10.4 Å². The Morgan fingerprint density at radius 2 is 2.04 bits per heavy atom. The minimum absolute atomic E-state index is 0.375. The van der Waals surface area contributed by atoms with E-state index in [2.05, 4.69) is 30.7 Å². The van der Waals surface area contributed by atoms with Gasteiger partial charge in [-0.1, -0.05) is 33.2 Å². The van der Waals surface area contributed by atoms with Gasteiger partial charge in [0.25, 0.3) is 5.60 Å². The summed E-state index contributed by atoms with van der Waals surface area (Å²) in [5, 5.41) is 12.3. The highest BCUT2D eigenvalue weighted by atomic mass is 79.9. The Morgan fingerprint density at radius 3 is 2.48 bits per heavy atom. The van der Waals surface area contributed by atoms with Crippen molar-refractivity contribution in [3.8, 4) is 0 Å². The van der Waals surface area contributed by atoms with E-state index in [1.807, 2.05) is 0 Å². The Labute approximate surface area is 138 Å². The lowest BCUT2D eigenvalue weighted by Crippen LogP contribution is -2.53. The Hall–Kier alpha value is -1.77. The van der Waals surface area contributed by atoms with Crippen LogP contribution in [-0.2, 0) is 15.1 Å². The van der Waals surface area contributed by atoms with Crippen LogP contribution in [-0.4, -0.2) is 29.5 Å². The highest BCUT2D eigenvalue weighted by molar-refractivity contribution is 9.10. The third-order valence-corrected chi connectivity index (χ3v) is 3.80. The van der Waals surface area contributed by atoms with Gasteiger partial charge in [0.2, 0.25) is 0 Å². The van der Waals surface area contributed by atoms with E-state index in [1.54, 1.807) is 18.2 Å². The van der Waals surface area contributed by atoms with Gasteiger partial charge in [-0.3, -0.25) is 0 Å². The van der Waals surface area contributed by atoms with Crippen molar-refractivity contribution < 1.29 is 27.8 Å². The number of ether oxygens (including phenoxy) is 1. The lowest BCUT2D eigenvalue weighted by molar-refractivity contribution is -0.272. The van der Waals surface area contributed by atoms with Gasteiger partial charge in [0.05, 0.1) is 12.1 Å². The SMILES string of the molecule is CC(COC(C)(C(=O)O)C(F)(F)F)(N=[N+]=[N-])c1cccc(Br)c1. The summed E-state index contributed by atoms with van der Waals surface area (Å²) in [5.41, 5.74) is 4.13. The highest BCUT2D eigenvalue weighted by Gasteiger charge is 2.59. The summed E-state index contributed by atoms with van der Waals surface area (Å²) >= 11 is 3.20. The van der Waals surface area contributed by atoms with Crippen LogP contribution >= 0.6 is 15.9 Å². The smallest absolute Gasteiger partial charge is 0.428 e. The van der Waals surface area contributed by atoms with E-state index < -0.39 is 29.9 Å². The van der Waals surface area contributed by atoms with E-state index in [-0.39, 0.29) is 0 Å². The molecule has 1 rings (SSSR count). The van der Waals surface area contributed by atoms with E-state index in [0.717, 1.165) is 0 Å². The number of nitrogens with zero attached hydrogens (tertiary/aromatic N) is 3. The number of azide groups is 1. The first-order valence-corrected chi connectivity index (χ1v) is 7.02. The van der Waals surface area contributed by atoms with Crippen molar-refractivity contribution in [1.82, 2.24) is 0 Å². The van der Waals surface area contributed by atoms with E-state index in [1.165, 1.54) is 13.0 Å². The topological polar surface area (TPSA) is 95.3 Å². The van der Waals surface area contributed by atoms with Crippen molar-refractivity contribution in [2.75, 3.05) is 6.61 Å². The van der Waals surface area contributed by atoms with Gasteiger partial charge < -0.3 is 9.84 Å². The number of carbonyl (C=O) groups is 1. The molecule has 1 aromatic carbocycles. The molecule has 0 bridgehead atoms. The van der Waals surface area contributed by atoms with E-state index >= 15 is 0 Å². The Bertz CT molecular complexity index is 649. The fraction of sp³-hybridized carbons (Fsp3) is 0.462. The molecule has 10 heteroatoms. The largest absolute Gasteiger partial charge is 0.479 e. The Morgan fingerprint density at radius 1 is 1.43 bits per heavy atom. The number of aliphatic carboxylic acids is 1. The second-order valence-corrected chi connectivity index (χ2v) is 6.01. The first kappa shape index (κ1) is 19.3. The molecule has 0 aliphatic heterocycles. The molecule has 0 saturated heterocycles. The minimum atomic E-state index is -5.13. The van der Waals surface area contributed by atoms with Crippen molar-refractivity contribution >= 4 is 21.9 Å². The summed E-state index contributed by atoms with van der Waals surface area (Å²) in [4.78, 5) is 13.6. The van der Waals surface area contributed by atoms with Crippen molar-refractivity contribution in [2.24, 2.45) is 5.11 Å². The number of benzene rings is 1. The van der Waals surface area contributed by atoms with Crippen LogP contribution in [0.1, 0.15) is 19.4 Å². The van der Waals surface area contributed by atoms with E-state index in [4.69, 9.17) is 10.6 Å². The predicted molar refractivity (Wildman–Crippen MR) is 78.7 cm³/mol. The summed E-state index contributed by atoms with van der Waals surface area (Å²) in [7, 11) is 0. The quantitative estimate of drug-likeness (QED) is 0.439. The van der Waals surface area contributed by atoms with Crippen molar-refractivity contribution in [2.45, 2.75) is 31.2 Å². The van der Waals surface area contributed by atoms with Gasteiger partial charge in [-0.25, -0.2) is 4.79 Å². The molecule has 0 radical (unpaired) electrons. The molecule has 1 aromatic rings. The average Bonchev–Trinajstić information content (AvgIpc) is 2.43. The molecule has 0 aliphatic rings. The summed E-state index contributed by atoms with van der Waals surface area (Å²) < 4.78 is 44.2. The van der Waals surface area contributed by atoms with Gasteiger partial charge in [0.1, 0.15) is 0 Å². The maximum absolute atomic E-state index is 13.0. The monoisotopic (exact) mass is 395 g/mol. The number of rotatable bonds is 6. The van der Waals surface area contributed by atoms with Crippen molar-refractivity contribution in [3.63, 3.8) is 0 Å². The summed E-state index contributed by atoms with van der Waals surface area (Å²) in [6.45, 7) is 0.996. The van der Waals surface area contributed by atoms with Crippen LogP contribution in [0.5, 0.6) is 0 Å². The molecule has 0 aliphatic carbocycles. The van der Waals surface area contributed by atoms with Gasteiger partial charge in [0, 0.05) is 9.38 Å². The van der Waals surface area contributed by atoms with Gasteiger partial charge in [-0.2, -0.15) is 13.2 Å². The van der Waals surface area contributed by atoms with Crippen molar-refractivity contribution in [3.05, 3.63) is 44.7 Å². The maximum Gasteiger partial charge on any atom is 0.428 e.